The van der Waals surface area contributed by atoms with E-state index in [0.717, 1.165) is 24.8 Å². The molecule has 0 radical (unpaired) electrons. The summed E-state index contributed by atoms with van der Waals surface area (Å²) >= 11 is 0. The van der Waals surface area contributed by atoms with Crippen molar-refractivity contribution in [2.75, 3.05) is 0 Å². The van der Waals surface area contributed by atoms with Crippen LogP contribution >= 0.6 is 0 Å². The zero-order chi connectivity index (χ0) is 10.0. The lowest BCUT2D eigenvalue weighted by Crippen LogP contribution is -2.34. The minimum Gasteiger partial charge on any atom is -0.458 e. The molecule has 2 aliphatic heterocycles. The van der Waals surface area contributed by atoms with E-state index in [1.54, 1.807) is 0 Å². The molecule has 0 aromatic carbocycles. The summed E-state index contributed by atoms with van der Waals surface area (Å²) in [4.78, 5) is 11.7. The van der Waals surface area contributed by atoms with E-state index in [2.05, 4.69) is 0 Å². The smallest absolute Gasteiger partial charge is 0.334 e. The van der Waals surface area contributed by atoms with E-state index < -0.39 is 0 Å². The SMILES string of the molecule is O=C1O[C@H]2CCCC[C@]34O[C@H]3CC=C1[C@@H]24. The maximum absolute atomic E-state index is 11.7. The molecule has 3 fully saturated rings. The van der Waals surface area contributed by atoms with E-state index in [9.17, 15) is 4.79 Å². The molecule has 0 aromatic heterocycles. The fourth-order valence-electron chi connectivity index (χ4n) is 3.72. The molecule has 0 N–H and O–H groups in total. The van der Waals surface area contributed by atoms with Crippen LogP contribution in [0.1, 0.15) is 32.1 Å². The minimum absolute atomic E-state index is 0.00257. The van der Waals surface area contributed by atoms with Gasteiger partial charge in [0.2, 0.25) is 0 Å². The van der Waals surface area contributed by atoms with Crippen LogP contribution in [0.25, 0.3) is 0 Å². The third-order valence-corrected chi connectivity index (χ3v) is 4.43. The van der Waals surface area contributed by atoms with Crippen molar-refractivity contribution in [3.8, 4) is 0 Å². The van der Waals surface area contributed by atoms with Crippen LogP contribution in [-0.4, -0.2) is 23.8 Å². The standard InChI is InChI=1S/C12H14O3/c13-11-7-4-5-9-12(15-9)6-2-1-3-8(14-11)10(7)12/h4,8-10H,1-3,5-6H2/t8-,9-,10-,12-/m0/s1. The Morgan fingerprint density at radius 1 is 1.40 bits per heavy atom. The Hall–Kier alpha value is -0.830. The molecule has 0 unspecified atom stereocenters. The Morgan fingerprint density at radius 2 is 2.33 bits per heavy atom. The zero-order valence-electron chi connectivity index (χ0n) is 8.57. The van der Waals surface area contributed by atoms with Gasteiger partial charge in [-0.05, 0) is 25.7 Å². The predicted octanol–water partition coefficient (Wildman–Crippen LogP) is 1.57. The number of carbonyl (C=O) groups excluding carboxylic acids is 1. The van der Waals surface area contributed by atoms with E-state index in [4.69, 9.17) is 9.47 Å². The number of hydrogen-bond acceptors (Lipinski definition) is 3. The molecule has 2 aliphatic carbocycles. The molecule has 1 saturated carbocycles. The molecule has 3 nitrogen and oxygen atoms in total. The van der Waals surface area contributed by atoms with Gasteiger partial charge in [-0.1, -0.05) is 12.5 Å². The third-order valence-electron chi connectivity index (χ3n) is 4.43. The molecule has 3 heteroatoms. The van der Waals surface area contributed by atoms with Crippen LogP contribution in [0.5, 0.6) is 0 Å². The Bertz CT molecular complexity index is 373. The van der Waals surface area contributed by atoms with Gasteiger partial charge in [-0.25, -0.2) is 4.79 Å². The van der Waals surface area contributed by atoms with Crippen LogP contribution < -0.4 is 0 Å². The molecule has 0 amide bonds. The fraction of sp³-hybridized carbons (Fsp3) is 0.750. The zero-order valence-corrected chi connectivity index (χ0v) is 8.57. The topological polar surface area (TPSA) is 38.8 Å². The average molecular weight is 206 g/mol. The quantitative estimate of drug-likeness (QED) is 0.446. The Balaban J connectivity index is 1.84. The van der Waals surface area contributed by atoms with Gasteiger partial charge in [0.15, 0.2) is 0 Å². The molecular weight excluding hydrogens is 192 g/mol. The predicted molar refractivity (Wildman–Crippen MR) is 52.1 cm³/mol. The Kier molecular flexibility index (Phi) is 1.37. The van der Waals surface area contributed by atoms with Gasteiger partial charge in [-0.3, -0.25) is 0 Å². The largest absolute Gasteiger partial charge is 0.458 e. The maximum atomic E-state index is 11.7. The summed E-state index contributed by atoms with van der Waals surface area (Å²) in [5, 5.41) is 0. The van der Waals surface area contributed by atoms with Gasteiger partial charge >= 0.3 is 5.97 Å². The maximum Gasteiger partial charge on any atom is 0.334 e. The normalized spacial score (nSPS) is 51.1. The summed E-state index contributed by atoms with van der Waals surface area (Å²) in [6.45, 7) is 0. The first kappa shape index (κ1) is 8.34. The highest BCUT2D eigenvalue weighted by Crippen LogP contribution is 2.59. The van der Waals surface area contributed by atoms with E-state index in [1.807, 2.05) is 6.08 Å². The lowest BCUT2D eigenvalue weighted by atomic mass is 9.75. The van der Waals surface area contributed by atoms with Crippen molar-refractivity contribution >= 4 is 5.97 Å². The number of epoxide rings is 1. The van der Waals surface area contributed by atoms with Crippen LogP contribution in [0.15, 0.2) is 11.6 Å². The first-order valence-electron chi connectivity index (χ1n) is 5.90. The van der Waals surface area contributed by atoms with Crippen LogP contribution in [0.4, 0.5) is 0 Å². The summed E-state index contributed by atoms with van der Waals surface area (Å²) < 4.78 is 11.4. The van der Waals surface area contributed by atoms with Crippen molar-refractivity contribution in [2.45, 2.75) is 49.9 Å². The van der Waals surface area contributed by atoms with Crippen molar-refractivity contribution in [2.24, 2.45) is 5.92 Å². The minimum atomic E-state index is -0.0831. The van der Waals surface area contributed by atoms with Gasteiger partial charge in [0.1, 0.15) is 11.7 Å². The lowest BCUT2D eigenvalue weighted by molar-refractivity contribution is -0.139. The molecule has 15 heavy (non-hydrogen) atoms. The number of ether oxygens (including phenoxy) is 2. The van der Waals surface area contributed by atoms with Crippen molar-refractivity contribution < 1.29 is 14.3 Å². The first-order valence-corrected chi connectivity index (χ1v) is 5.90. The van der Waals surface area contributed by atoms with Crippen molar-refractivity contribution in [1.29, 1.82) is 0 Å². The van der Waals surface area contributed by atoms with Crippen LogP contribution in [0.3, 0.4) is 0 Å². The summed E-state index contributed by atoms with van der Waals surface area (Å²) in [7, 11) is 0. The molecule has 0 bridgehead atoms. The summed E-state index contributed by atoms with van der Waals surface area (Å²) in [5.74, 6) is 0.173. The number of esters is 1. The molecule has 0 aromatic rings. The van der Waals surface area contributed by atoms with E-state index in [1.165, 1.54) is 12.8 Å². The highest BCUT2D eigenvalue weighted by Gasteiger charge is 2.68. The summed E-state index contributed by atoms with van der Waals surface area (Å²) in [5.41, 5.74) is 0.910. The van der Waals surface area contributed by atoms with Gasteiger partial charge in [0, 0.05) is 5.57 Å². The molecular formula is C12H14O3. The Labute approximate surface area is 88.4 Å². The molecule has 4 aliphatic rings. The fourth-order valence-corrected chi connectivity index (χ4v) is 3.72. The second-order valence-corrected chi connectivity index (χ2v) is 5.12. The second-order valence-electron chi connectivity index (χ2n) is 5.12. The third kappa shape index (κ3) is 0.882. The lowest BCUT2D eigenvalue weighted by Gasteiger charge is -2.23. The summed E-state index contributed by atoms with van der Waals surface area (Å²) in [6, 6.07) is 0. The monoisotopic (exact) mass is 206 g/mol. The first-order chi connectivity index (χ1) is 7.31. The van der Waals surface area contributed by atoms with Gasteiger partial charge < -0.3 is 9.47 Å². The van der Waals surface area contributed by atoms with Crippen molar-refractivity contribution in [1.82, 2.24) is 0 Å². The Morgan fingerprint density at radius 3 is 3.27 bits per heavy atom. The molecule has 80 valence electrons. The van der Waals surface area contributed by atoms with Gasteiger partial charge in [0.25, 0.3) is 0 Å². The van der Waals surface area contributed by atoms with E-state index in [-0.39, 0.29) is 23.6 Å². The second kappa shape index (κ2) is 2.46. The van der Waals surface area contributed by atoms with Crippen molar-refractivity contribution in [3.05, 3.63) is 11.6 Å². The summed E-state index contributed by atoms with van der Waals surface area (Å²) in [6.07, 6.45) is 7.96. The van der Waals surface area contributed by atoms with E-state index in [0.29, 0.717) is 6.10 Å². The molecule has 4 atom stereocenters. The van der Waals surface area contributed by atoms with Crippen LogP contribution in [0, 0.1) is 5.92 Å². The van der Waals surface area contributed by atoms with Crippen molar-refractivity contribution in [3.63, 3.8) is 0 Å². The number of hydrogen-bond donors (Lipinski definition) is 0. The van der Waals surface area contributed by atoms with Gasteiger partial charge in [0.05, 0.1) is 12.0 Å². The van der Waals surface area contributed by atoms with Gasteiger partial charge in [-0.2, -0.15) is 0 Å². The molecule has 4 rings (SSSR count). The van der Waals surface area contributed by atoms with Crippen LogP contribution in [0.2, 0.25) is 0 Å². The highest BCUT2D eigenvalue weighted by molar-refractivity contribution is 5.92. The molecule has 2 heterocycles. The highest BCUT2D eigenvalue weighted by atomic mass is 16.6. The van der Waals surface area contributed by atoms with Crippen LogP contribution in [-0.2, 0) is 14.3 Å². The number of carbonyl (C=O) groups is 1. The van der Waals surface area contributed by atoms with E-state index >= 15 is 0 Å². The average Bonchev–Trinajstić information content (AvgIpc) is 2.89. The van der Waals surface area contributed by atoms with Gasteiger partial charge in [-0.15, -0.1) is 0 Å². The molecule has 2 saturated heterocycles. The molecule has 1 spiro atoms. The number of rotatable bonds is 0.